The third kappa shape index (κ3) is 3.82. The molecule has 1 unspecified atom stereocenters. The van der Waals surface area contributed by atoms with Crippen molar-refractivity contribution in [2.45, 2.75) is 23.6 Å². The first-order valence-corrected chi connectivity index (χ1v) is 8.90. The Kier molecular flexibility index (Phi) is 5.73. The van der Waals surface area contributed by atoms with Crippen molar-refractivity contribution in [1.82, 2.24) is 0 Å². The zero-order valence-electron chi connectivity index (χ0n) is 12.4. The molecule has 0 bridgehead atoms. The van der Waals surface area contributed by atoms with Gasteiger partial charge in [-0.25, -0.2) is 0 Å². The molecule has 0 N–H and O–H groups in total. The monoisotopic (exact) mass is 365 g/mol. The van der Waals surface area contributed by atoms with Crippen LogP contribution in [0.2, 0.25) is 0 Å². The van der Waals surface area contributed by atoms with Crippen molar-refractivity contribution in [3.63, 3.8) is 0 Å². The molecular weight excluding hydrogens is 348 g/mol. The van der Waals surface area contributed by atoms with Gasteiger partial charge in [0.2, 0.25) is 0 Å². The fourth-order valence-corrected chi connectivity index (χ4v) is 4.00. The summed E-state index contributed by atoms with van der Waals surface area (Å²) in [5, 5.41) is 0.812. The highest BCUT2D eigenvalue weighted by atomic mass is 79.9. The molecule has 0 aromatic heterocycles. The summed E-state index contributed by atoms with van der Waals surface area (Å²) in [6.07, 6.45) is 2.10. The van der Waals surface area contributed by atoms with Gasteiger partial charge < -0.3 is 9.29 Å². The Morgan fingerprint density at radius 2 is 1.71 bits per heavy atom. The summed E-state index contributed by atoms with van der Waals surface area (Å²) < 4.78 is 17.9. The normalized spacial score (nSPS) is 12.2. The van der Waals surface area contributed by atoms with Crippen LogP contribution in [0.3, 0.4) is 0 Å². The lowest BCUT2D eigenvalue weighted by molar-refractivity contribution is 0.414. The Morgan fingerprint density at radius 3 is 2.19 bits per heavy atom. The maximum atomic E-state index is 12.8. The fraction of sp³-hybridized carbons (Fsp3) is 0.235. The highest BCUT2D eigenvalue weighted by molar-refractivity contribution is 9.09. The van der Waals surface area contributed by atoms with Gasteiger partial charge in [-0.15, -0.1) is 0 Å². The Balaban J connectivity index is 2.35. The van der Waals surface area contributed by atoms with Crippen LogP contribution < -0.4 is 4.74 Å². The van der Waals surface area contributed by atoms with Crippen LogP contribution in [0.5, 0.6) is 5.75 Å². The van der Waals surface area contributed by atoms with Crippen molar-refractivity contribution in [3.05, 3.63) is 59.5 Å². The summed E-state index contributed by atoms with van der Waals surface area (Å²) in [6.45, 7) is 4.02. The van der Waals surface area contributed by atoms with E-state index in [1.807, 2.05) is 38.1 Å². The van der Waals surface area contributed by atoms with Gasteiger partial charge in [-0.2, -0.15) is 0 Å². The number of aryl methyl sites for hydroxylation is 2. The Bertz CT molecular complexity index is 588. The maximum Gasteiger partial charge on any atom is 0.164 e. The van der Waals surface area contributed by atoms with Crippen molar-refractivity contribution in [2.75, 3.05) is 12.4 Å². The van der Waals surface area contributed by atoms with Gasteiger partial charge in [-0.1, -0.05) is 28.1 Å². The van der Waals surface area contributed by atoms with Crippen LogP contribution in [0.25, 0.3) is 0 Å². The summed E-state index contributed by atoms with van der Waals surface area (Å²) in [7, 11) is 1.62. The average Bonchev–Trinajstić information content (AvgIpc) is 2.47. The zero-order valence-corrected chi connectivity index (χ0v) is 14.8. The second-order valence-electron chi connectivity index (χ2n) is 4.79. The first kappa shape index (κ1) is 16.4. The first-order valence-electron chi connectivity index (χ1n) is 6.63. The maximum absolute atomic E-state index is 12.8. The Morgan fingerprint density at radius 1 is 1.14 bits per heavy atom. The van der Waals surface area contributed by atoms with E-state index in [1.165, 1.54) is 0 Å². The first-order chi connectivity index (χ1) is 10.1. The number of hydrogen-bond donors (Lipinski definition) is 0. The van der Waals surface area contributed by atoms with Crippen LogP contribution in [0, 0.1) is 20.3 Å². The number of hydrogen-bond acceptors (Lipinski definition) is 2. The predicted octanol–water partition coefficient (Wildman–Crippen LogP) is 4.43. The number of methoxy groups -OCH3 is 1. The topological polar surface area (TPSA) is 32.3 Å². The molecule has 4 heteroatoms. The van der Waals surface area contributed by atoms with Crippen molar-refractivity contribution in [3.8, 4) is 5.75 Å². The Hall–Kier alpha value is -0.970. The molecule has 0 saturated heterocycles. The van der Waals surface area contributed by atoms with Gasteiger partial charge in [-0.05, 0) is 43.7 Å². The molecule has 0 aliphatic carbocycles. The van der Waals surface area contributed by atoms with E-state index >= 15 is 0 Å². The molecular formula is C17H18BrO2S. The minimum absolute atomic E-state index is 0.770. The summed E-state index contributed by atoms with van der Waals surface area (Å²) >= 11 is 2.23. The van der Waals surface area contributed by atoms with Crippen LogP contribution in [-0.4, -0.2) is 17.0 Å². The minimum atomic E-state index is -1.17. The Labute approximate surface area is 137 Å². The fourth-order valence-electron chi connectivity index (χ4n) is 2.30. The second kappa shape index (κ2) is 7.34. The highest BCUT2D eigenvalue weighted by Crippen LogP contribution is 2.29. The molecule has 2 aromatic rings. The lowest BCUT2D eigenvalue weighted by atomic mass is 10.1. The van der Waals surface area contributed by atoms with E-state index in [1.54, 1.807) is 7.11 Å². The molecule has 2 rings (SSSR count). The molecule has 2 aromatic carbocycles. The quantitative estimate of drug-likeness (QED) is 0.579. The molecule has 0 aliphatic rings. The second-order valence-corrected chi connectivity index (χ2v) is 6.85. The van der Waals surface area contributed by atoms with E-state index in [0.717, 1.165) is 37.6 Å². The molecule has 111 valence electrons. The molecule has 2 nitrogen and oxygen atoms in total. The SMILES string of the molecule is COc1ccc([S+]([O-])c2c(C)cc([CH]CBr)cc2C)cc1. The largest absolute Gasteiger partial charge is 0.606 e. The highest BCUT2D eigenvalue weighted by Gasteiger charge is 2.21. The van der Waals surface area contributed by atoms with E-state index in [0.29, 0.717) is 0 Å². The summed E-state index contributed by atoms with van der Waals surface area (Å²) in [4.78, 5) is 1.69. The molecule has 0 saturated carbocycles. The molecule has 21 heavy (non-hydrogen) atoms. The molecule has 1 radical (unpaired) electrons. The predicted molar refractivity (Wildman–Crippen MR) is 90.8 cm³/mol. The van der Waals surface area contributed by atoms with Crippen LogP contribution in [0.15, 0.2) is 46.2 Å². The van der Waals surface area contributed by atoms with Gasteiger partial charge in [0.05, 0.1) is 7.11 Å². The van der Waals surface area contributed by atoms with Gasteiger partial charge in [0, 0.05) is 34.1 Å². The number of benzene rings is 2. The van der Waals surface area contributed by atoms with Crippen LogP contribution >= 0.6 is 15.9 Å². The van der Waals surface area contributed by atoms with Crippen LogP contribution in [0.1, 0.15) is 16.7 Å². The van der Waals surface area contributed by atoms with Crippen LogP contribution in [-0.2, 0) is 11.2 Å². The summed E-state index contributed by atoms with van der Waals surface area (Å²) in [6, 6.07) is 11.5. The third-order valence-corrected chi connectivity index (χ3v) is 5.29. The van der Waals surface area contributed by atoms with E-state index in [2.05, 4.69) is 34.5 Å². The lowest BCUT2D eigenvalue weighted by Crippen LogP contribution is -2.07. The molecule has 0 amide bonds. The number of ether oxygens (including phenoxy) is 1. The van der Waals surface area contributed by atoms with Gasteiger partial charge >= 0.3 is 0 Å². The number of rotatable bonds is 5. The minimum Gasteiger partial charge on any atom is -0.606 e. The van der Waals surface area contributed by atoms with Gasteiger partial charge in [-0.3, -0.25) is 0 Å². The lowest BCUT2D eigenvalue weighted by Gasteiger charge is -2.16. The van der Waals surface area contributed by atoms with Crippen molar-refractivity contribution >= 4 is 27.1 Å². The molecule has 0 fully saturated rings. The third-order valence-electron chi connectivity index (χ3n) is 3.25. The van der Waals surface area contributed by atoms with E-state index in [4.69, 9.17) is 4.74 Å². The van der Waals surface area contributed by atoms with Gasteiger partial charge in [0.25, 0.3) is 0 Å². The molecule has 1 atom stereocenters. The van der Waals surface area contributed by atoms with E-state index < -0.39 is 11.2 Å². The molecule has 0 aliphatic heterocycles. The van der Waals surface area contributed by atoms with Crippen molar-refractivity contribution in [2.24, 2.45) is 0 Å². The van der Waals surface area contributed by atoms with E-state index in [-0.39, 0.29) is 0 Å². The summed E-state index contributed by atoms with van der Waals surface area (Å²) in [5.41, 5.74) is 3.25. The van der Waals surface area contributed by atoms with Crippen LogP contribution in [0.4, 0.5) is 0 Å². The van der Waals surface area contributed by atoms with Crippen molar-refractivity contribution in [1.29, 1.82) is 0 Å². The smallest absolute Gasteiger partial charge is 0.164 e. The van der Waals surface area contributed by atoms with Crippen molar-refractivity contribution < 1.29 is 9.29 Å². The van der Waals surface area contributed by atoms with Gasteiger partial charge in [0.1, 0.15) is 5.75 Å². The summed E-state index contributed by atoms with van der Waals surface area (Å²) in [5.74, 6) is 0.770. The van der Waals surface area contributed by atoms with Gasteiger partial charge in [0.15, 0.2) is 9.79 Å². The zero-order chi connectivity index (χ0) is 15.4. The number of alkyl halides is 1. The average molecular weight is 366 g/mol. The standard InChI is InChI=1S/C17H18BrO2S/c1-12-10-14(8-9-18)11-13(2)17(12)21(19)16-6-4-15(20-3)5-7-16/h4-8,10-11H,9H2,1-3H3. The molecule has 0 spiro atoms. The van der Waals surface area contributed by atoms with E-state index in [9.17, 15) is 4.55 Å². The number of halogens is 1. The molecule has 0 heterocycles.